The Morgan fingerprint density at radius 1 is 0.594 bits per heavy atom. The fraction of sp³-hybridized carbons (Fsp3) is 1.00. The van der Waals surface area contributed by atoms with E-state index in [1.54, 1.807) is 0 Å². The van der Waals surface area contributed by atoms with Crippen molar-refractivity contribution in [1.82, 2.24) is 0 Å². The minimum Gasteiger partial charge on any atom is -0.393 e. The molecule has 1 nitrogen and oxygen atoms in total. The summed E-state index contributed by atoms with van der Waals surface area (Å²) in [7, 11) is 0. The van der Waals surface area contributed by atoms with Crippen molar-refractivity contribution < 1.29 is 5.11 Å². The van der Waals surface area contributed by atoms with E-state index < -0.39 is 0 Å². The lowest BCUT2D eigenvalue weighted by Gasteiger charge is -2.79. The van der Waals surface area contributed by atoms with Crippen LogP contribution in [0.15, 0.2) is 0 Å². The summed E-state index contributed by atoms with van der Waals surface area (Å²) in [6.07, 6.45) is 14.9. The van der Waals surface area contributed by atoms with Crippen molar-refractivity contribution in [2.45, 2.75) is 139 Å². The molecular weight excluding hydrogens is 388 g/mol. The Hall–Kier alpha value is -0.0400. The second-order valence-electron chi connectivity index (χ2n) is 16.1. The van der Waals surface area contributed by atoms with Crippen LogP contribution in [-0.4, -0.2) is 11.2 Å². The highest BCUT2D eigenvalue weighted by Crippen LogP contribution is 2.82. The molecule has 0 aromatic carbocycles. The molecule has 0 spiro atoms. The van der Waals surface area contributed by atoms with E-state index in [9.17, 15) is 5.11 Å². The van der Waals surface area contributed by atoms with Gasteiger partial charge in [0.2, 0.25) is 0 Å². The Labute approximate surface area is 199 Å². The zero-order valence-corrected chi connectivity index (χ0v) is 23.0. The molecule has 0 saturated heterocycles. The van der Waals surface area contributed by atoms with E-state index in [0.717, 1.165) is 18.3 Å². The summed E-state index contributed by atoms with van der Waals surface area (Å²) in [4.78, 5) is 0. The first kappa shape index (κ1) is 23.7. The lowest BCUT2D eigenvalue weighted by atomic mass is 9.26. The van der Waals surface area contributed by atoms with Gasteiger partial charge in [-0.3, -0.25) is 0 Å². The molecule has 0 aliphatic heterocycles. The molecule has 0 heterocycles. The molecule has 0 amide bonds. The summed E-state index contributed by atoms with van der Waals surface area (Å²) in [5.74, 6) is 2.08. The first-order chi connectivity index (χ1) is 14.6. The van der Waals surface area contributed by atoms with Gasteiger partial charge in [-0.05, 0) is 126 Å². The summed E-state index contributed by atoms with van der Waals surface area (Å²) in [5, 5.41) is 10.8. The van der Waals surface area contributed by atoms with Gasteiger partial charge in [0.25, 0.3) is 0 Å². The van der Waals surface area contributed by atoms with Gasteiger partial charge in [0.1, 0.15) is 0 Å². The van der Waals surface area contributed by atoms with Crippen LogP contribution in [-0.2, 0) is 0 Å². The molecule has 1 N–H and O–H groups in total. The largest absolute Gasteiger partial charge is 0.393 e. The first-order valence-electron chi connectivity index (χ1n) is 14.3. The monoisotopic (exact) mass is 442 g/mol. The molecule has 5 aliphatic rings. The fourth-order valence-electron chi connectivity index (χ4n) is 11.7. The molecule has 5 aliphatic carbocycles. The SMILES string of the molecule is C[C@H]1[C@@H](O)CC[C@@H]2[C@]1(C)CC[C@@]1(C)[C@@]3(C)CC[C@@]4(C)CCC(C)(C)C[C@H]4[C@]3(C)CC[C@@]21C. The van der Waals surface area contributed by atoms with Crippen LogP contribution in [0.5, 0.6) is 0 Å². The van der Waals surface area contributed by atoms with Crippen molar-refractivity contribution in [3.05, 3.63) is 0 Å². The average molecular weight is 443 g/mol. The Kier molecular flexibility index (Phi) is 4.88. The summed E-state index contributed by atoms with van der Waals surface area (Å²) in [6.45, 7) is 23.7. The molecule has 0 radical (unpaired) electrons. The molecule has 10 atom stereocenters. The standard InChI is InChI=1S/C31H54O/c1-21-22(32)10-11-23-27(21,5)15-19-31(9)28(23,6)16-17-29(7)24-20-25(2,3)12-13-26(24,4)14-18-30(29,31)8/h21-24,32H,10-20H2,1-9H3/t21-,22-,23+,24+,26+,27+,28-,29-,30-,31+/m0/s1. The number of aliphatic hydroxyl groups excluding tert-OH is 1. The van der Waals surface area contributed by atoms with E-state index in [0.29, 0.717) is 43.8 Å². The van der Waals surface area contributed by atoms with Crippen LogP contribution in [0.25, 0.3) is 0 Å². The van der Waals surface area contributed by atoms with Crippen molar-refractivity contribution in [3.8, 4) is 0 Å². The van der Waals surface area contributed by atoms with E-state index in [-0.39, 0.29) is 6.10 Å². The normalized spacial score (nSPS) is 61.7. The molecule has 5 rings (SSSR count). The van der Waals surface area contributed by atoms with Crippen molar-refractivity contribution >= 4 is 0 Å². The molecular formula is C31H54O. The van der Waals surface area contributed by atoms with Crippen LogP contribution in [0.2, 0.25) is 0 Å². The van der Waals surface area contributed by atoms with Crippen LogP contribution in [0.1, 0.15) is 133 Å². The Morgan fingerprint density at radius 2 is 1.12 bits per heavy atom. The van der Waals surface area contributed by atoms with Gasteiger partial charge in [-0.15, -0.1) is 0 Å². The minimum atomic E-state index is -0.0893. The average Bonchev–Trinajstić information content (AvgIpc) is 2.72. The van der Waals surface area contributed by atoms with E-state index >= 15 is 0 Å². The van der Waals surface area contributed by atoms with Crippen molar-refractivity contribution in [2.24, 2.45) is 55.7 Å². The van der Waals surface area contributed by atoms with Gasteiger partial charge < -0.3 is 5.11 Å². The highest BCUT2D eigenvalue weighted by Gasteiger charge is 2.75. The van der Waals surface area contributed by atoms with Crippen molar-refractivity contribution in [1.29, 1.82) is 0 Å². The maximum Gasteiger partial charge on any atom is 0.0571 e. The van der Waals surface area contributed by atoms with E-state index in [4.69, 9.17) is 0 Å². The third-order valence-electron chi connectivity index (χ3n) is 14.9. The van der Waals surface area contributed by atoms with Gasteiger partial charge in [0.05, 0.1) is 6.10 Å². The van der Waals surface area contributed by atoms with Crippen LogP contribution >= 0.6 is 0 Å². The van der Waals surface area contributed by atoms with Crippen molar-refractivity contribution in [2.75, 3.05) is 0 Å². The van der Waals surface area contributed by atoms with Crippen LogP contribution in [0.4, 0.5) is 0 Å². The van der Waals surface area contributed by atoms with Gasteiger partial charge in [-0.25, -0.2) is 0 Å². The fourth-order valence-corrected chi connectivity index (χ4v) is 11.7. The van der Waals surface area contributed by atoms with Crippen LogP contribution < -0.4 is 0 Å². The van der Waals surface area contributed by atoms with Crippen LogP contribution in [0, 0.1) is 55.7 Å². The molecule has 184 valence electrons. The molecule has 5 fully saturated rings. The van der Waals surface area contributed by atoms with E-state index in [1.165, 1.54) is 64.2 Å². The molecule has 5 saturated carbocycles. The summed E-state index contributed by atoms with van der Waals surface area (Å²) in [5.41, 5.74) is 3.06. The summed E-state index contributed by atoms with van der Waals surface area (Å²) >= 11 is 0. The predicted octanol–water partition coefficient (Wildman–Crippen LogP) is 8.64. The Bertz CT molecular complexity index is 785. The number of aliphatic hydroxyl groups is 1. The van der Waals surface area contributed by atoms with Gasteiger partial charge in [0.15, 0.2) is 0 Å². The molecule has 1 heteroatoms. The Morgan fingerprint density at radius 3 is 1.75 bits per heavy atom. The number of hydrogen-bond acceptors (Lipinski definition) is 1. The minimum absolute atomic E-state index is 0.0893. The maximum absolute atomic E-state index is 10.8. The molecule has 0 bridgehead atoms. The molecule has 0 aromatic rings. The predicted molar refractivity (Wildman–Crippen MR) is 135 cm³/mol. The van der Waals surface area contributed by atoms with E-state index in [1.807, 2.05) is 0 Å². The smallest absolute Gasteiger partial charge is 0.0571 e. The van der Waals surface area contributed by atoms with Gasteiger partial charge >= 0.3 is 0 Å². The number of fused-ring (bicyclic) bond motifs is 7. The quantitative estimate of drug-likeness (QED) is 0.398. The highest BCUT2D eigenvalue weighted by molar-refractivity contribution is 5.23. The van der Waals surface area contributed by atoms with Gasteiger partial charge in [-0.1, -0.05) is 62.3 Å². The Balaban J connectivity index is 1.59. The number of rotatable bonds is 0. The third kappa shape index (κ3) is 2.57. The lowest BCUT2D eigenvalue weighted by Crippen LogP contribution is -2.72. The molecule has 0 unspecified atom stereocenters. The topological polar surface area (TPSA) is 20.2 Å². The number of hydrogen-bond donors (Lipinski definition) is 1. The zero-order chi connectivity index (χ0) is 23.6. The second-order valence-corrected chi connectivity index (χ2v) is 16.1. The van der Waals surface area contributed by atoms with Gasteiger partial charge in [-0.2, -0.15) is 0 Å². The lowest BCUT2D eigenvalue weighted by molar-refractivity contribution is -0.304. The first-order valence-corrected chi connectivity index (χ1v) is 14.3. The van der Waals surface area contributed by atoms with Gasteiger partial charge in [0, 0.05) is 0 Å². The highest BCUT2D eigenvalue weighted by atomic mass is 16.3. The summed E-state index contributed by atoms with van der Waals surface area (Å²) in [6, 6.07) is 0. The zero-order valence-electron chi connectivity index (χ0n) is 23.0. The molecule has 32 heavy (non-hydrogen) atoms. The third-order valence-corrected chi connectivity index (χ3v) is 14.9. The second kappa shape index (κ2) is 6.59. The molecule has 0 aromatic heterocycles. The van der Waals surface area contributed by atoms with Crippen molar-refractivity contribution in [3.63, 3.8) is 0 Å². The van der Waals surface area contributed by atoms with Crippen LogP contribution in [0.3, 0.4) is 0 Å². The summed E-state index contributed by atoms with van der Waals surface area (Å²) < 4.78 is 0. The van der Waals surface area contributed by atoms with E-state index in [2.05, 4.69) is 62.3 Å². The maximum atomic E-state index is 10.8.